The van der Waals surface area contributed by atoms with Gasteiger partial charge in [0.1, 0.15) is 9.52 Å². The van der Waals surface area contributed by atoms with Crippen molar-refractivity contribution in [3.05, 3.63) is 32.8 Å². The molecule has 3 rings (SSSR count). The predicted octanol–water partition coefficient (Wildman–Crippen LogP) is 2.65. The Balaban J connectivity index is 1.77. The number of benzene rings is 1. The Morgan fingerprint density at radius 2 is 2.37 bits per heavy atom. The fourth-order valence-electron chi connectivity index (χ4n) is 1.58. The lowest BCUT2D eigenvalue weighted by Gasteiger charge is -1.95. The highest BCUT2D eigenvalue weighted by Gasteiger charge is 2.02. The molecule has 0 fully saturated rings. The molecular weight excluding hydrogens is 375 g/mol. The molecular formula is C11H9IN6S. The molecule has 19 heavy (non-hydrogen) atoms. The fourth-order valence-corrected chi connectivity index (χ4v) is 2.70. The lowest BCUT2D eigenvalue weighted by Crippen LogP contribution is -1.91. The molecule has 0 aliphatic carbocycles. The smallest absolute Gasteiger partial charge is 0.205 e. The van der Waals surface area contributed by atoms with Crippen LogP contribution in [-0.4, -0.2) is 21.4 Å². The van der Waals surface area contributed by atoms with Gasteiger partial charge >= 0.3 is 0 Å². The van der Waals surface area contributed by atoms with Gasteiger partial charge in [0.25, 0.3) is 0 Å². The maximum absolute atomic E-state index is 5.52. The number of anilines is 2. The van der Waals surface area contributed by atoms with E-state index in [0.29, 0.717) is 10.9 Å². The highest BCUT2D eigenvalue weighted by Crippen LogP contribution is 2.18. The third-order valence-corrected chi connectivity index (χ3v) is 4.02. The number of nitrogens with two attached hydrogens (primary N) is 1. The minimum atomic E-state index is 0.496. The van der Waals surface area contributed by atoms with E-state index < -0.39 is 0 Å². The normalized spacial score (nSPS) is 11.4. The molecule has 6 nitrogen and oxygen atoms in total. The number of H-pyrrole nitrogens is 1. The van der Waals surface area contributed by atoms with E-state index in [4.69, 9.17) is 5.73 Å². The van der Waals surface area contributed by atoms with Crippen molar-refractivity contribution in [2.24, 2.45) is 5.10 Å². The second kappa shape index (κ2) is 5.13. The van der Waals surface area contributed by atoms with Gasteiger partial charge in [-0.25, -0.2) is 4.98 Å². The Kier molecular flexibility index (Phi) is 3.34. The molecule has 0 amide bonds. The third kappa shape index (κ3) is 2.68. The van der Waals surface area contributed by atoms with Crippen molar-refractivity contribution >= 4 is 62.0 Å². The summed E-state index contributed by atoms with van der Waals surface area (Å²) in [6.45, 7) is 0. The first-order valence-electron chi connectivity index (χ1n) is 5.36. The number of nitrogens with zero attached hydrogens (tertiary/aromatic N) is 3. The molecule has 96 valence electrons. The largest absolute Gasteiger partial charge is 0.383 e. The van der Waals surface area contributed by atoms with E-state index in [-0.39, 0.29) is 0 Å². The zero-order valence-electron chi connectivity index (χ0n) is 9.59. The maximum Gasteiger partial charge on any atom is 0.205 e. The average molecular weight is 384 g/mol. The quantitative estimate of drug-likeness (QED) is 0.368. The van der Waals surface area contributed by atoms with Gasteiger partial charge in [0.2, 0.25) is 5.13 Å². The first kappa shape index (κ1) is 12.4. The number of halogens is 1. The number of nitrogen functional groups attached to an aromatic ring is 1. The van der Waals surface area contributed by atoms with Gasteiger partial charge in [0, 0.05) is 10.8 Å². The number of hydrogen-bond acceptors (Lipinski definition) is 6. The molecule has 0 saturated carbocycles. The third-order valence-electron chi connectivity index (χ3n) is 2.43. The summed E-state index contributed by atoms with van der Waals surface area (Å²) in [6, 6.07) is 5.97. The number of thiazole rings is 1. The molecule has 1 aromatic carbocycles. The van der Waals surface area contributed by atoms with Crippen LogP contribution >= 0.6 is 33.9 Å². The zero-order valence-corrected chi connectivity index (χ0v) is 12.6. The average Bonchev–Trinajstić information content (AvgIpc) is 2.97. The van der Waals surface area contributed by atoms with Crippen molar-refractivity contribution in [3.63, 3.8) is 0 Å². The van der Waals surface area contributed by atoms with Crippen molar-refractivity contribution in [1.82, 2.24) is 15.2 Å². The van der Waals surface area contributed by atoms with Crippen LogP contribution in [0, 0.1) is 3.70 Å². The topological polar surface area (TPSA) is 92.0 Å². The van der Waals surface area contributed by atoms with E-state index in [1.807, 2.05) is 18.2 Å². The van der Waals surface area contributed by atoms with Crippen molar-refractivity contribution in [3.8, 4) is 0 Å². The van der Waals surface area contributed by atoms with Crippen LogP contribution in [0.2, 0.25) is 0 Å². The van der Waals surface area contributed by atoms with Crippen molar-refractivity contribution in [2.75, 3.05) is 11.2 Å². The van der Waals surface area contributed by atoms with E-state index in [0.717, 1.165) is 20.2 Å². The van der Waals surface area contributed by atoms with Crippen LogP contribution in [0.25, 0.3) is 10.9 Å². The van der Waals surface area contributed by atoms with Crippen molar-refractivity contribution in [2.45, 2.75) is 0 Å². The Hall–Kier alpha value is -1.68. The molecule has 3 aromatic rings. The predicted molar refractivity (Wildman–Crippen MR) is 86.6 cm³/mol. The molecule has 0 atom stereocenters. The van der Waals surface area contributed by atoms with Gasteiger partial charge in [-0.2, -0.15) is 10.2 Å². The highest BCUT2D eigenvalue weighted by atomic mass is 127. The molecule has 0 spiro atoms. The number of aromatic nitrogens is 3. The molecule has 0 saturated heterocycles. The Morgan fingerprint density at radius 1 is 1.47 bits per heavy atom. The molecule has 0 unspecified atom stereocenters. The lowest BCUT2D eigenvalue weighted by atomic mass is 10.2. The van der Waals surface area contributed by atoms with Crippen LogP contribution < -0.4 is 11.2 Å². The second-order valence-electron chi connectivity index (χ2n) is 3.76. The van der Waals surface area contributed by atoms with Crippen LogP contribution in [0.15, 0.2) is 28.7 Å². The van der Waals surface area contributed by atoms with Gasteiger partial charge in [-0.05, 0) is 40.3 Å². The van der Waals surface area contributed by atoms with Gasteiger partial charge < -0.3 is 5.73 Å². The van der Waals surface area contributed by atoms with Gasteiger partial charge in [0.15, 0.2) is 0 Å². The molecule has 2 heterocycles. The number of nitrogens with one attached hydrogen (secondary N) is 2. The summed E-state index contributed by atoms with van der Waals surface area (Å²) >= 11 is 3.63. The van der Waals surface area contributed by atoms with Gasteiger partial charge in [-0.15, -0.1) is 11.3 Å². The Bertz CT molecular complexity index is 747. The number of hydrogen-bond donors (Lipinski definition) is 3. The Morgan fingerprint density at radius 3 is 3.16 bits per heavy atom. The van der Waals surface area contributed by atoms with Crippen LogP contribution in [0.5, 0.6) is 0 Å². The van der Waals surface area contributed by atoms with E-state index in [2.05, 4.69) is 48.3 Å². The SMILES string of the molecule is Nc1csc(NN=Cc2ccc3c(I)[nH]nc3c2)n1. The van der Waals surface area contributed by atoms with Gasteiger partial charge in [0.05, 0.1) is 11.7 Å². The molecule has 0 radical (unpaired) electrons. The number of rotatable bonds is 3. The standard InChI is InChI=1S/C11H9IN6S/c12-10-7-2-1-6(3-8(7)16-17-10)4-14-18-11-15-9(13)5-19-11/h1-5H,13H2,(H,15,18)(H,16,17). The zero-order chi connectivity index (χ0) is 13.2. The number of fused-ring (bicyclic) bond motifs is 1. The summed E-state index contributed by atoms with van der Waals surface area (Å²) < 4.78 is 1.03. The molecule has 0 aliphatic rings. The minimum absolute atomic E-state index is 0.496. The Labute approximate surface area is 126 Å². The fraction of sp³-hybridized carbons (Fsp3) is 0. The molecule has 0 bridgehead atoms. The van der Waals surface area contributed by atoms with Crippen LogP contribution in [0.1, 0.15) is 5.56 Å². The van der Waals surface area contributed by atoms with E-state index in [1.54, 1.807) is 11.6 Å². The van der Waals surface area contributed by atoms with Crippen LogP contribution in [0.4, 0.5) is 10.9 Å². The maximum atomic E-state index is 5.52. The van der Waals surface area contributed by atoms with Gasteiger partial charge in [-0.1, -0.05) is 6.07 Å². The van der Waals surface area contributed by atoms with E-state index >= 15 is 0 Å². The summed E-state index contributed by atoms with van der Waals surface area (Å²) in [6.07, 6.45) is 1.72. The summed E-state index contributed by atoms with van der Waals surface area (Å²) in [4.78, 5) is 4.05. The number of hydrazone groups is 1. The minimum Gasteiger partial charge on any atom is -0.383 e. The monoisotopic (exact) mass is 384 g/mol. The number of aromatic amines is 1. The first-order chi connectivity index (χ1) is 9.22. The second-order valence-corrected chi connectivity index (χ2v) is 5.70. The molecule has 8 heteroatoms. The molecule has 0 aliphatic heterocycles. The highest BCUT2D eigenvalue weighted by molar-refractivity contribution is 14.1. The summed E-state index contributed by atoms with van der Waals surface area (Å²) in [5, 5.41) is 14.8. The van der Waals surface area contributed by atoms with Crippen LogP contribution in [0.3, 0.4) is 0 Å². The summed E-state index contributed by atoms with van der Waals surface area (Å²) in [5.74, 6) is 0.496. The summed E-state index contributed by atoms with van der Waals surface area (Å²) in [7, 11) is 0. The van der Waals surface area contributed by atoms with E-state index in [1.165, 1.54) is 11.3 Å². The van der Waals surface area contributed by atoms with Crippen molar-refractivity contribution < 1.29 is 0 Å². The molecule has 2 aromatic heterocycles. The molecule has 4 N–H and O–H groups in total. The first-order valence-corrected chi connectivity index (χ1v) is 7.32. The van der Waals surface area contributed by atoms with Crippen molar-refractivity contribution in [1.29, 1.82) is 0 Å². The lowest BCUT2D eigenvalue weighted by molar-refractivity contribution is 1.09. The van der Waals surface area contributed by atoms with Gasteiger partial charge in [-0.3, -0.25) is 10.5 Å². The van der Waals surface area contributed by atoms with Crippen LogP contribution in [-0.2, 0) is 0 Å². The summed E-state index contributed by atoms with van der Waals surface area (Å²) in [5.41, 5.74) is 10.2. The van der Waals surface area contributed by atoms with E-state index in [9.17, 15) is 0 Å².